The summed E-state index contributed by atoms with van der Waals surface area (Å²) in [6.45, 7) is 0.538. The second-order valence-electron chi connectivity index (χ2n) is 2.83. The van der Waals surface area contributed by atoms with Crippen LogP contribution in [0.15, 0.2) is 24.4 Å². The van der Waals surface area contributed by atoms with Crippen LogP contribution in [0.2, 0.25) is 6.32 Å². The molecule has 0 fully saturated rings. The molecule has 0 aliphatic rings. The van der Waals surface area contributed by atoms with Crippen LogP contribution < -0.4 is 10.8 Å². The standard InChI is InChI=1S/C9H12BN3O/c10-5-3-6-12-9(14)13-7-2-1-4-8(13)11/h1-2,4,7,11H,3,5-6H2,(H,12,14). The molecular formula is C9H12BN3O. The van der Waals surface area contributed by atoms with Crippen LogP contribution >= 0.6 is 0 Å². The summed E-state index contributed by atoms with van der Waals surface area (Å²) in [6, 6.07) is 4.69. The van der Waals surface area contributed by atoms with E-state index in [0.717, 1.165) is 6.42 Å². The average molecular weight is 189 g/mol. The van der Waals surface area contributed by atoms with E-state index in [1.165, 1.54) is 4.57 Å². The molecule has 2 N–H and O–H groups in total. The molecule has 0 saturated carbocycles. The zero-order valence-electron chi connectivity index (χ0n) is 7.86. The van der Waals surface area contributed by atoms with Crippen molar-refractivity contribution in [2.45, 2.75) is 12.7 Å². The van der Waals surface area contributed by atoms with Crippen LogP contribution in [0, 0.1) is 5.41 Å². The van der Waals surface area contributed by atoms with Crippen molar-refractivity contribution in [2.24, 2.45) is 0 Å². The van der Waals surface area contributed by atoms with Crippen molar-refractivity contribution in [1.29, 1.82) is 5.41 Å². The van der Waals surface area contributed by atoms with Gasteiger partial charge in [-0.15, -0.1) is 0 Å². The fraction of sp³-hybridized carbons (Fsp3) is 0.333. The number of hydrogen-bond acceptors (Lipinski definition) is 2. The Morgan fingerprint density at radius 3 is 3.00 bits per heavy atom. The van der Waals surface area contributed by atoms with E-state index in [-0.39, 0.29) is 11.5 Å². The maximum atomic E-state index is 11.4. The lowest BCUT2D eigenvalue weighted by atomic mass is 10.0. The van der Waals surface area contributed by atoms with Gasteiger partial charge in [0.05, 0.1) is 7.85 Å². The van der Waals surface area contributed by atoms with E-state index in [1.807, 2.05) is 0 Å². The van der Waals surface area contributed by atoms with E-state index < -0.39 is 0 Å². The summed E-state index contributed by atoms with van der Waals surface area (Å²) in [5.41, 5.74) is 0.165. The van der Waals surface area contributed by atoms with Crippen LogP contribution in [-0.4, -0.2) is 25.0 Å². The van der Waals surface area contributed by atoms with Crippen molar-refractivity contribution >= 4 is 13.9 Å². The molecule has 72 valence electrons. The Kier molecular flexibility index (Phi) is 3.97. The molecule has 1 rings (SSSR count). The highest BCUT2D eigenvalue weighted by Gasteiger charge is 2.01. The summed E-state index contributed by atoms with van der Waals surface area (Å²) in [7, 11) is 5.29. The molecule has 1 aromatic rings. The third-order valence-corrected chi connectivity index (χ3v) is 1.74. The molecule has 5 heteroatoms. The molecule has 0 aliphatic carbocycles. The highest BCUT2D eigenvalue weighted by molar-refractivity contribution is 6.08. The maximum Gasteiger partial charge on any atom is 0.327 e. The second kappa shape index (κ2) is 5.27. The molecule has 4 nitrogen and oxygen atoms in total. The van der Waals surface area contributed by atoms with Gasteiger partial charge in [0.2, 0.25) is 0 Å². The Balaban J connectivity index is 2.61. The van der Waals surface area contributed by atoms with Crippen molar-refractivity contribution in [3.8, 4) is 0 Å². The van der Waals surface area contributed by atoms with Crippen molar-refractivity contribution < 1.29 is 4.79 Å². The summed E-state index contributed by atoms with van der Waals surface area (Å²) in [5.74, 6) is 0. The molecule has 0 spiro atoms. The maximum absolute atomic E-state index is 11.4. The van der Waals surface area contributed by atoms with Crippen LogP contribution in [0.5, 0.6) is 0 Å². The summed E-state index contributed by atoms with van der Waals surface area (Å²) in [6.07, 6.45) is 2.85. The third-order valence-electron chi connectivity index (χ3n) is 1.74. The van der Waals surface area contributed by atoms with E-state index in [4.69, 9.17) is 13.3 Å². The lowest BCUT2D eigenvalue weighted by Gasteiger charge is -2.06. The van der Waals surface area contributed by atoms with E-state index >= 15 is 0 Å². The Morgan fingerprint density at radius 1 is 1.57 bits per heavy atom. The Morgan fingerprint density at radius 2 is 2.36 bits per heavy atom. The van der Waals surface area contributed by atoms with Crippen LogP contribution in [0.25, 0.3) is 0 Å². The first-order valence-electron chi connectivity index (χ1n) is 4.46. The van der Waals surface area contributed by atoms with Gasteiger partial charge in [0, 0.05) is 12.7 Å². The van der Waals surface area contributed by atoms with E-state index in [9.17, 15) is 4.79 Å². The lowest BCUT2D eigenvalue weighted by Crippen LogP contribution is -2.35. The molecule has 1 aromatic heterocycles. The molecule has 1 amide bonds. The number of carbonyl (C=O) groups is 1. The summed E-state index contributed by atoms with van der Waals surface area (Å²) in [4.78, 5) is 11.4. The number of hydrogen-bond donors (Lipinski definition) is 2. The van der Waals surface area contributed by atoms with Gasteiger partial charge in [0.25, 0.3) is 0 Å². The molecule has 0 bridgehead atoms. The summed E-state index contributed by atoms with van der Waals surface area (Å²) in [5, 5.41) is 10.1. The fourth-order valence-corrected chi connectivity index (χ4v) is 1.00. The number of pyridine rings is 1. The van der Waals surface area contributed by atoms with Gasteiger partial charge in [0.1, 0.15) is 5.49 Å². The highest BCUT2D eigenvalue weighted by atomic mass is 16.2. The summed E-state index contributed by atoms with van der Waals surface area (Å²) < 4.78 is 1.25. The van der Waals surface area contributed by atoms with Crippen LogP contribution in [-0.2, 0) is 0 Å². The van der Waals surface area contributed by atoms with Crippen molar-refractivity contribution in [2.75, 3.05) is 6.54 Å². The van der Waals surface area contributed by atoms with Crippen LogP contribution in [0.3, 0.4) is 0 Å². The van der Waals surface area contributed by atoms with Gasteiger partial charge >= 0.3 is 6.03 Å². The largest absolute Gasteiger partial charge is 0.337 e. The Bertz CT molecular complexity index is 361. The molecule has 0 aromatic carbocycles. The topological polar surface area (TPSA) is 57.9 Å². The second-order valence-corrected chi connectivity index (χ2v) is 2.83. The van der Waals surface area contributed by atoms with Crippen molar-refractivity contribution in [3.63, 3.8) is 0 Å². The first kappa shape index (κ1) is 10.6. The van der Waals surface area contributed by atoms with Crippen LogP contribution in [0.4, 0.5) is 4.79 Å². The third kappa shape index (κ3) is 2.76. The number of nitrogens with one attached hydrogen (secondary N) is 2. The zero-order valence-corrected chi connectivity index (χ0v) is 7.86. The quantitative estimate of drug-likeness (QED) is 0.527. The molecule has 2 radical (unpaired) electrons. The number of carbonyl (C=O) groups excluding carboxylic acids is 1. The van der Waals surface area contributed by atoms with Gasteiger partial charge in [-0.05, 0) is 18.6 Å². The average Bonchev–Trinajstić information content (AvgIpc) is 2.18. The van der Waals surface area contributed by atoms with E-state index in [2.05, 4.69) is 5.32 Å². The van der Waals surface area contributed by atoms with Gasteiger partial charge in [-0.1, -0.05) is 12.4 Å². The number of rotatable bonds is 3. The molecule has 0 unspecified atom stereocenters. The van der Waals surface area contributed by atoms with Gasteiger partial charge in [-0.2, -0.15) is 0 Å². The molecular weight excluding hydrogens is 177 g/mol. The zero-order chi connectivity index (χ0) is 10.4. The molecule has 14 heavy (non-hydrogen) atoms. The first-order valence-corrected chi connectivity index (χ1v) is 4.46. The smallest absolute Gasteiger partial charge is 0.327 e. The minimum atomic E-state index is -0.288. The highest BCUT2D eigenvalue weighted by Crippen LogP contribution is 1.84. The van der Waals surface area contributed by atoms with Gasteiger partial charge in [-0.3, -0.25) is 9.98 Å². The number of amides is 1. The Hall–Kier alpha value is -1.52. The Labute approximate surface area is 83.9 Å². The SMILES string of the molecule is [B]CCCNC(=O)n1ccccc1=N. The minimum absolute atomic E-state index is 0.165. The molecule has 0 aliphatic heterocycles. The number of nitrogens with zero attached hydrogens (tertiary/aromatic N) is 1. The van der Waals surface area contributed by atoms with Gasteiger partial charge in [-0.25, -0.2) is 4.79 Å². The molecule has 0 atom stereocenters. The monoisotopic (exact) mass is 189 g/mol. The van der Waals surface area contributed by atoms with Gasteiger partial charge in [0.15, 0.2) is 0 Å². The predicted octanol–water partition coefficient (Wildman–Crippen LogP) is 0.502. The van der Waals surface area contributed by atoms with Gasteiger partial charge < -0.3 is 5.32 Å². The van der Waals surface area contributed by atoms with E-state index in [1.54, 1.807) is 24.4 Å². The fourth-order valence-electron chi connectivity index (χ4n) is 1.00. The normalized spacial score (nSPS) is 9.71. The lowest BCUT2D eigenvalue weighted by molar-refractivity contribution is 0.241. The molecule has 1 heterocycles. The predicted molar refractivity (Wildman–Crippen MR) is 54.3 cm³/mol. The minimum Gasteiger partial charge on any atom is -0.337 e. The van der Waals surface area contributed by atoms with Crippen molar-refractivity contribution in [3.05, 3.63) is 29.9 Å². The molecule has 0 saturated heterocycles. The number of aromatic nitrogens is 1. The van der Waals surface area contributed by atoms with Crippen LogP contribution in [0.1, 0.15) is 6.42 Å². The van der Waals surface area contributed by atoms with E-state index in [0.29, 0.717) is 12.9 Å². The first-order chi connectivity index (χ1) is 6.75. The summed E-state index contributed by atoms with van der Waals surface area (Å²) >= 11 is 0. The van der Waals surface area contributed by atoms with Crippen molar-refractivity contribution in [1.82, 2.24) is 9.88 Å².